The minimum atomic E-state index is -1.08. The number of β-amino-alcohol motifs (C(OH)–C–C–N with tert-alkyl or cyclic N) is 1. The highest BCUT2D eigenvalue weighted by molar-refractivity contribution is 5.77. The number of amides is 1. The van der Waals surface area contributed by atoms with Gasteiger partial charge in [-0.15, -0.1) is 0 Å². The smallest absolute Gasteiger partial charge is 0.223 e. The third kappa shape index (κ3) is 3.03. The van der Waals surface area contributed by atoms with Crippen LogP contribution in [0.3, 0.4) is 0 Å². The maximum atomic E-state index is 12.3. The van der Waals surface area contributed by atoms with Crippen molar-refractivity contribution < 1.29 is 9.90 Å². The van der Waals surface area contributed by atoms with E-state index >= 15 is 0 Å². The van der Waals surface area contributed by atoms with Crippen LogP contribution in [0.4, 0.5) is 0 Å². The molecule has 0 aliphatic carbocycles. The van der Waals surface area contributed by atoms with Crippen LogP contribution in [-0.4, -0.2) is 54.2 Å². The van der Waals surface area contributed by atoms with Crippen LogP contribution in [0.15, 0.2) is 48.9 Å². The Morgan fingerprint density at radius 2 is 2.04 bits per heavy atom. The van der Waals surface area contributed by atoms with Gasteiger partial charge in [0.05, 0.1) is 31.2 Å². The van der Waals surface area contributed by atoms with Crippen LogP contribution in [0.1, 0.15) is 17.7 Å². The molecular formula is C17H18N6O2. The molecule has 0 unspecified atom stereocenters. The summed E-state index contributed by atoms with van der Waals surface area (Å²) < 4.78 is 1.80. The number of para-hydroxylation sites is 1. The molecule has 1 aliphatic rings. The van der Waals surface area contributed by atoms with Gasteiger partial charge < -0.3 is 10.0 Å². The minimum Gasteiger partial charge on any atom is -0.380 e. The molecule has 1 amide bonds. The first-order chi connectivity index (χ1) is 12.1. The van der Waals surface area contributed by atoms with E-state index in [1.807, 2.05) is 36.5 Å². The number of hydrogen-bond acceptors (Lipinski definition) is 5. The lowest BCUT2D eigenvalue weighted by Crippen LogP contribution is -2.61. The molecular weight excluding hydrogens is 320 g/mol. The Bertz CT molecular complexity index is 852. The Kier molecular flexibility index (Phi) is 3.81. The fourth-order valence-corrected chi connectivity index (χ4v) is 2.97. The maximum absolute atomic E-state index is 12.3. The summed E-state index contributed by atoms with van der Waals surface area (Å²) in [5, 5.41) is 24.8. The largest absolute Gasteiger partial charge is 0.380 e. The molecule has 4 rings (SSSR count). The van der Waals surface area contributed by atoms with E-state index in [9.17, 15) is 9.90 Å². The number of likely N-dealkylation sites (tertiary alicyclic amines) is 1. The van der Waals surface area contributed by atoms with E-state index in [1.54, 1.807) is 15.8 Å². The van der Waals surface area contributed by atoms with Crippen LogP contribution in [0, 0.1) is 0 Å². The monoisotopic (exact) mass is 338 g/mol. The van der Waals surface area contributed by atoms with Crippen LogP contribution in [-0.2, 0) is 16.8 Å². The standard InChI is InChI=1S/C17H18N6O2/c24-16(22-11-17(25,12-22)15-9-18-21-20-15)7-6-13-8-19-23(10-13)14-4-2-1-3-5-14/h1-5,8-10,25H,6-7,11-12H2,(H,18,20,21). The van der Waals surface area contributed by atoms with Crippen molar-refractivity contribution >= 4 is 5.91 Å². The van der Waals surface area contributed by atoms with Crippen molar-refractivity contribution in [2.45, 2.75) is 18.4 Å². The van der Waals surface area contributed by atoms with E-state index < -0.39 is 5.60 Å². The zero-order chi connectivity index (χ0) is 17.3. The van der Waals surface area contributed by atoms with Crippen molar-refractivity contribution in [3.63, 3.8) is 0 Å². The molecule has 3 heterocycles. The second kappa shape index (κ2) is 6.14. The highest BCUT2D eigenvalue weighted by atomic mass is 16.3. The molecule has 1 saturated heterocycles. The van der Waals surface area contributed by atoms with E-state index in [0.29, 0.717) is 18.5 Å². The number of H-pyrrole nitrogens is 1. The van der Waals surface area contributed by atoms with Crippen molar-refractivity contribution in [2.75, 3.05) is 13.1 Å². The third-order valence-electron chi connectivity index (χ3n) is 4.43. The van der Waals surface area contributed by atoms with Crippen LogP contribution < -0.4 is 0 Å². The fraction of sp³-hybridized carbons (Fsp3) is 0.294. The van der Waals surface area contributed by atoms with Gasteiger partial charge >= 0.3 is 0 Å². The van der Waals surface area contributed by atoms with Gasteiger partial charge in [-0.25, -0.2) is 4.68 Å². The average molecular weight is 338 g/mol. The SMILES string of the molecule is O=C(CCc1cnn(-c2ccccc2)c1)N1CC(O)(c2cn[nH]n2)C1. The van der Waals surface area contributed by atoms with Crippen LogP contribution >= 0.6 is 0 Å². The summed E-state index contributed by atoms with van der Waals surface area (Å²) in [5.74, 6) is 0.0145. The normalized spacial score (nSPS) is 15.8. The van der Waals surface area contributed by atoms with Gasteiger partial charge in [0, 0.05) is 12.6 Å². The first kappa shape index (κ1) is 15.5. The molecule has 0 radical (unpaired) electrons. The molecule has 0 saturated carbocycles. The first-order valence-corrected chi connectivity index (χ1v) is 8.09. The molecule has 1 fully saturated rings. The van der Waals surface area contributed by atoms with Gasteiger partial charge in [-0.05, 0) is 24.1 Å². The molecule has 0 spiro atoms. The molecule has 2 aromatic heterocycles. The number of aryl methyl sites for hydroxylation is 1. The van der Waals surface area contributed by atoms with Crippen LogP contribution in [0.5, 0.6) is 0 Å². The molecule has 8 nitrogen and oxygen atoms in total. The van der Waals surface area contributed by atoms with Crippen molar-refractivity contribution in [2.24, 2.45) is 0 Å². The zero-order valence-corrected chi connectivity index (χ0v) is 13.5. The van der Waals surface area contributed by atoms with E-state index in [1.165, 1.54) is 6.20 Å². The van der Waals surface area contributed by atoms with Crippen molar-refractivity contribution in [1.29, 1.82) is 0 Å². The van der Waals surface area contributed by atoms with E-state index in [4.69, 9.17) is 0 Å². The summed E-state index contributed by atoms with van der Waals surface area (Å²) >= 11 is 0. The van der Waals surface area contributed by atoms with Gasteiger partial charge in [-0.2, -0.15) is 20.5 Å². The lowest BCUT2D eigenvalue weighted by Gasteiger charge is -2.45. The number of hydrogen-bond donors (Lipinski definition) is 2. The van der Waals surface area contributed by atoms with Crippen molar-refractivity contribution in [1.82, 2.24) is 30.1 Å². The molecule has 3 aromatic rings. The zero-order valence-electron chi connectivity index (χ0n) is 13.5. The Labute approximate surface area is 144 Å². The molecule has 0 bridgehead atoms. The molecule has 0 atom stereocenters. The van der Waals surface area contributed by atoms with Gasteiger partial charge in [0.25, 0.3) is 0 Å². The first-order valence-electron chi connectivity index (χ1n) is 8.09. The summed E-state index contributed by atoms with van der Waals surface area (Å²) in [5.41, 5.74) is 1.38. The lowest BCUT2D eigenvalue weighted by molar-refractivity contribution is -0.157. The summed E-state index contributed by atoms with van der Waals surface area (Å²) in [6, 6.07) is 9.83. The van der Waals surface area contributed by atoms with Gasteiger partial charge in [-0.1, -0.05) is 18.2 Å². The second-order valence-electron chi connectivity index (χ2n) is 6.27. The number of nitrogens with zero attached hydrogens (tertiary/aromatic N) is 5. The van der Waals surface area contributed by atoms with Gasteiger partial charge in [-0.3, -0.25) is 4.79 Å². The number of benzene rings is 1. The number of carbonyl (C=O) groups excluding carboxylic acids is 1. The Balaban J connectivity index is 1.31. The molecule has 128 valence electrons. The number of aliphatic hydroxyl groups is 1. The van der Waals surface area contributed by atoms with Crippen molar-refractivity contribution in [3.8, 4) is 5.69 Å². The highest BCUT2D eigenvalue weighted by Crippen LogP contribution is 2.30. The Hall–Kier alpha value is -3.00. The third-order valence-corrected chi connectivity index (χ3v) is 4.43. The summed E-state index contributed by atoms with van der Waals surface area (Å²) in [7, 11) is 0. The second-order valence-corrected chi connectivity index (χ2v) is 6.27. The van der Waals surface area contributed by atoms with Gasteiger partial charge in [0.15, 0.2) is 0 Å². The summed E-state index contributed by atoms with van der Waals surface area (Å²) in [6.45, 7) is 0.503. The summed E-state index contributed by atoms with van der Waals surface area (Å²) in [4.78, 5) is 13.9. The minimum absolute atomic E-state index is 0.0145. The van der Waals surface area contributed by atoms with E-state index in [2.05, 4.69) is 20.5 Å². The number of rotatable bonds is 5. The molecule has 8 heteroatoms. The predicted octanol–water partition coefficient (Wildman–Crippen LogP) is 0.653. The van der Waals surface area contributed by atoms with Gasteiger partial charge in [0.1, 0.15) is 11.3 Å². The van der Waals surface area contributed by atoms with Crippen LogP contribution in [0.25, 0.3) is 5.69 Å². The quantitative estimate of drug-likeness (QED) is 0.712. The topological polar surface area (TPSA) is 99.9 Å². The molecule has 2 N–H and O–H groups in total. The fourth-order valence-electron chi connectivity index (χ4n) is 2.97. The number of aromatic nitrogens is 5. The number of carbonyl (C=O) groups is 1. The average Bonchev–Trinajstić information content (AvgIpc) is 3.29. The molecule has 1 aliphatic heterocycles. The lowest BCUT2D eigenvalue weighted by atomic mass is 9.90. The summed E-state index contributed by atoms with van der Waals surface area (Å²) in [6.07, 6.45) is 6.20. The van der Waals surface area contributed by atoms with Crippen LogP contribution in [0.2, 0.25) is 0 Å². The maximum Gasteiger partial charge on any atom is 0.223 e. The van der Waals surface area contributed by atoms with Crippen molar-refractivity contribution in [3.05, 3.63) is 60.2 Å². The highest BCUT2D eigenvalue weighted by Gasteiger charge is 2.46. The Morgan fingerprint density at radius 3 is 2.76 bits per heavy atom. The Morgan fingerprint density at radius 1 is 1.24 bits per heavy atom. The molecule has 1 aromatic carbocycles. The predicted molar refractivity (Wildman–Crippen MR) is 88.7 cm³/mol. The molecule has 25 heavy (non-hydrogen) atoms. The van der Waals surface area contributed by atoms with Gasteiger partial charge in [0.2, 0.25) is 5.91 Å². The van der Waals surface area contributed by atoms with E-state index in [0.717, 1.165) is 11.3 Å². The number of nitrogens with one attached hydrogen (secondary N) is 1. The number of aromatic amines is 1. The van der Waals surface area contributed by atoms with E-state index in [-0.39, 0.29) is 19.0 Å².